The highest BCUT2D eigenvalue weighted by molar-refractivity contribution is 7.99. The lowest BCUT2D eigenvalue weighted by Crippen LogP contribution is -2.54. The number of hydrogen-bond acceptors (Lipinski definition) is 5. The Bertz CT molecular complexity index is 392. The molecule has 0 bridgehead atoms. The molecule has 6 nitrogen and oxygen atoms in total. The van der Waals surface area contributed by atoms with Crippen LogP contribution in [0.25, 0.3) is 0 Å². The topological polar surface area (TPSA) is 86.9 Å². The molecule has 0 aromatic carbocycles. The van der Waals surface area contributed by atoms with Gasteiger partial charge in [0.05, 0.1) is 5.75 Å². The fourth-order valence-electron chi connectivity index (χ4n) is 1.37. The minimum atomic E-state index is 0.0106. The number of quaternary nitrogens is 1. The van der Waals surface area contributed by atoms with Crippen molar-refractivity contribution >= 4 is 17.7 Å². The van der Waals surface area contributed by atoms with Gasteiger partial charge in [-0.05, 0) is 5.92 Å². The number of hydrogen-bond donors (Lipinski definition) is 1. The maximum absolute atomic E-state index is 11.4. The number of carbonyl (C=O) groups is 1. The Kier molecular flexibility index (Phi) is 5.61. The maximum atomic E-state index is 11.4. The Labute approximate surface area is 111 Å². The van der Waals surface area contributed by atoms with E-state index in [1.165, 1.54) is 16.7 Å². The van der Waals surface area contributed by atoms with Gasteiger partial charge in [0, 0.05) is 20.5 Å². The molecule has 1 amide bonds. The van der Waals surface area contributed by atoms with Crippen LogP contribution < -0.4 is 5.73 Å². The summed E-state index contributed by atoms with van der Waals surface area (Å²) in [6.45, 7) is 4.25. The van der Waals surface area contributed by atoms with Gasteiger partial charge in [-0.3, -0.25) is 4.79 Å². The summed E-state index contributed by atoms with van der Waals surface area (Å²) >= 11 is 1.25. The average molecular weight is 273 g/mol. The van der Waals surface area contributed by atoms with Gasteiger partial charge in [-0.1, -0.05) is 25.6 Å². The summed E-state index contributed by atoms with van der Waals surface area (Å²) in [6.07, 6.45) is 0.906. The fraction of sp³-hybridized carbons (Fsp3) is 0.727. The van der Waals surface area contributed by atoms with Crippen LogP contribution in [0.1, 0.15) is 32.2 Å². The molecule has 0 aliphatic carbocycles. The second-order valence-corrected chi connectivity index (χ2v) is 5.74. The molecule has 1 rings (SSSR count). The summed E-state index contributed by atoms with van der Waals surface area (Å²) in [4.78, 5) is 12.9. The Morgan fingerprint density at radius 1 is 1.44 bits per heavy atom. The molecule has 3 N–H and O–H groups in total. The molecule has 0 aliphatic heterocycles. The second kappa shape index (κ2) is 6.75. The largest absolute Gasteiger partial charge is 0.410 e. The molecule has 1 atom stereocenters. The normalized spacial score (nSPS) is 12.8. The second-order valence-electron chi connectivity index (χ2n) is 4.81. The molecule has 1 aromatic heterocycles. The van der Waals surface area contributed by atoms with E-state index < -0.39 is 0 Å². The number of thioether (sulfide) groups is 1. The molecule has 0 saturated heterocycles. The van der Waals surface area contributed by atoms with Crippen LogP contribution in [-0.4, -0.2) is 40.9 Å². The molecule has 0 aliphatic rings. The highest BCUT2D eigenvalue weighted by atomic mass is 32.2. The molecule has 0 fully saturated rings. The summed E-state index contributed by atoms with van der Waals surface area (Å²) in [5.41, 5.74) is 4.00. The van der Waals surface area contributed by atoms with E-state index in [1.807, 2.05) is 0 Å². The highest BCUT2D eigenvalue weighted by Gasteiger charge is 2.19. The Morgan fingerprint density at radius 2 is 2.11 bits per heavy atom. The van der Waals surface area contributed by atoms with Crippen molar-refractivity contribution in [3.8, 4) is 0 Å². The standard InChI is InChI=1S/C11H20N4O2S/c1-7(2)5-8(12)10-13-14-11(17-10)18-6-9(16)15(3)4/h7-8H,5-6,12H2,1-4H3/p+1/t8-/m0/s1. The third kappa shape index (κ3) is 4.66. The van der Waals surface area contributed by atoms with Crippen LogP contribution in [0.4, 0.5) is 0 Å². The zero-order chi connectivity index (χ0) is 13.7. The number of nitrogens with zero attached hydrogens (tertiary/aromatic N) is 3. The van der Waals surface area contributed by atoms with Crippen molar-refractivity contribution in [3.63, 3.8) is 0 Å². The molecule has 1 heterocycles. The van der Waals surface area contributed by atoms with Crippen molar-refractivity contribution in [3.05, 3.63) is 5.89 Å². The molecule has 1 aromatic rings. The smallest absolute Gasteiger partial charge is 0.277 e. The minimum absolute atomic E-state index is 0.0106. The average Bonchev–Trinajstić information content (AvgIpc) is 2.73. The first-order valence-corrected chi connectivity index (χ1v) is 6.88. The van der Waals surface area contributed by atoms with Crippen LogP contribution in [0.5, 0.6) is 0 Å². The van der Waals surface area contributed by atoms with E-state index in [0.717, 1.165) is 6.42 Å². The van der Waals surface area contributed by atoms with Crippen molar-refractivity contribution in [2.75, 3.05) is 19.8 Å². The van der Waals surface area contributed by atoms with Gasteiger partial charge in [0.25, 0.3) is 11.1 Å². The van der Waals surface area contributed by atoms with E-state index in [1.54, 1.807) is 14.1 Å². The van der Waals surface area contributed by atoms with Crippen LogP contribution in [0.2, 0.25) is 0 Å². The third-order valence-electron chi connectivity index (χ3n) is 2.35. The molecule has 7 heteroatoms. The van der Waals surface area contributed by atoms with Crippen LogP contribution in [-0.2, 0) is 4.79 Å². The lowest BCUT2D eigenvalue weighted by Gasteiger charge is -2.07. The van der Waals surface area contributed by atoms with Crippen molar-refractivity contribution in [2.24, 2.45) is 5.92 Å². The summed E-state index contributed by atoms with van der Waals surface area (Å²) < 4.78 is 5.48. The first-order chi connectivity index (χ1) is 8.40. The first-order valence-electron chi connectivity index (χ1n) is 5.89. The quantitative estimate of drug-likeness (QED) is 0.766. The van der Waals surface area contributed by atoms with E-state index in [-0.39, 0.29) is 11.9 Å². The molecule has 102 valence electrons. The van der Waals surface area contributed by atoms with Gasteiger partial charge in [0.15, 0.2) is 6.04 Å². The van der Waals surface area contributed by atoms with Crippen LogP contribution in [0.3, 0.4) is 0 Å². The number of amides is 1. The number of aromatic nitrogens is 2. The van der Waals surface area contributed by atoms with Crippen LogP contribution in [0.15, 0.2) is 9.64 Å². The Hall–Kier alpha value is -1.08. The monoisotopic (exact) mass is 273 g/mol. The molecule has 18 heavy (non-hydrogen) atoms. The van der Waals surface area contributed by atoms with E-state index in [0.29, 0.717) is 22.8 Å². The molecule has 0 radical (unpaired) electrons. The SMILES string of the molecule is CC(C)C[C@H]([NH3+])c1nnc(SCC(=O)N(C)C)o1. The van der Waals surface area contributed by atoms with Crippen molar-refractivity contribution in [2.45, 2.75) is 31.5 Å². The summed E-state index contributed by atoms with van der Waals surface area (Å²) in [5, 5.41) is 8.31. The van der Waals surface area contributed by atoms with Crippen molar-refractivity contribution in [1.29, 1.82) is 0 Å². The van der Waals surface area contributed by atoms with E-state index in [2.05, 4.69) is 29.8 Å². The molecule has 0 saturated carbocycles. The minimum Gasteiger partial charge on any atom is -0.410 e. The zero-order valence-corrected chi connectivity index (χ0v) is 12.2. The summed E-state index contributed by atoms with van der Waals surface area (Å²) in [7, 11) is 3.44. The van der Waals surface area contributed by atoms with Crippen LogP contribution in [0, 0.1) is 5.92 Å². The van der Waals surface area contributed by atoms with E-state index in [9.17, 15) is 4.79 Å². The molecule has 0 unspecified atom stereocenters. The Balaban J connectivity index is 2.50. The van der Waals surface area contributed by atoms with E-state index in [4.69, 9.17) is 4.42 Å². The van der Waals surface area contributed by atoms with Gasteiger partial charge >= 0.3 is 0 Å². The van der Waals surface area contributed by atoms with Gasteiger partial charge in [0.1, 0.15) is 0 Å². The van der Waals surface area contributed by atoms with Gasteiger partial charge in [0.2, 0.25) is 5.91 Å². The predicted octanol–water partition coefficient (Wildman–Crippen LogP) is 0.579. The van der Waals surface area contributed by atoms with Crippen molar-refractivity contribution < 1.29 is 14.9 Å². The van der Waals surface area contributed by atoms with Gasteiger partial charge in [-0.25, -0.2) is 0 Å². The van der Waals surface area contributed by atoms with E-state index >= 15 is 0 Å². The molecular formula is C11H21N4O2S+. The molecular weight excluding hydrogens is 252 g/mol. The van der Waals surface area contributed by atoms with Gasteiger partial charge in [-0.15, -0.1) is 10.2 Å². The predicted molar refractivity (Wildman–Crippen MR) is 68.8 cm³/mol. The van der Waals surface area contributed by atoms with Gasteiger partial charge < -0.3 is 15.1 Å². The maximum Gasteiger partial charge on any atom is 0.277 e. The number of rotatable bonds is 6. The summed E-state index contributed by atoms with van der Waals surface area (Å²) in [6, 6.07) is 0.0106. The lowest BCUT2D eigenvalue weighted by molar-refractivity contribution is -0.435. The lowest BCUT2D eigenvalue weighted by atomic mass is 10.1. The number of carbonyl (C=O) groups excluding carboxylic acids is 1. The third-order valence-corrected chi connectivity index (χ3v) is 3.15. The summed E-state index contributed by atoms with van der Waals surface area (Å²) in [5.74, 6) is 1.41. The van der Waals surface area contributed by atoms with Crippen LogP contribution >= 0.6 is 11.8 Å². The first kappa shape index (κ1) is 15.0. The zero-order valence-electron chi connectivity index (χ0n) is 11.3. The fourth-order valence-corrected chi connectivity index (χ4v) is 2.11. The molecule has 0 spiro atoms. The van der Waals surface area contributed by atoms with Gasteiger partial charge in [-0.2, -0.15) is 0 Å². The van der Waals surface area contributed by atoms with Crippen molar-refractivity contribution in [1.82, 2.24) is 15.1 Å². The Morgan fingerprint density at radius 3 is 2.67 bits per heavy atom. The highest BCUT2D eigenvalue weighted by Crippen LogP contribution is 2.21.